The topological polar surface area (TPSA) is 41.1 Å². The molecular formula is C10H10BrFN2O. The minimum Gasteiger partial charge on any atom is -0.302 e. The summed E-state index contributed by atoms with van der Waals surface area (Å²) in [5, 5.41) is 0. The van der Waals surface area contributed by atoms with Gasteiger partial charge in [-0.2, -0.15) is 0 Å². The first-order valence-corrected chi connectivity index (χ1v) is 5.41. The smallest absolute Gasteiger partial charge is 0.138 e. The Kier molecular flexibility index (Phi) is 3.14. The normalized spacial score (nSPS) is 25.5. The van der Waals surface area contributed by atoms with Crippen molar-refractivity contribution in [1.82, 2.24) is 10.9 Å². The molecule has 0 saturated carbocycles. The summed E-state index contributed by atoms with van der Waals surface area (Å²) in [6, 6.07) is 4.39. The molecule has 1 saturated heterocycles. The maximum atomic E-state index is 13.5. The molecule has 0 bridgehead atoms. The van der Waals surface area contributed by atoms with E-state index in [1.807, 2.05) is 0 Å². The third-order valence-electron chi connectivity index (χ3n) is 2.43. The van der Waals surface area contributed by atoms with Crippen molar-refractivity contribution in [2.75, 3.05) is 0 Å². The summed E-state index contributed by atoms with van der Waals surface area (Å²) in [6.45, 7) is 0. The fraction of sp³-hybridized carbons (Fsp3) is 0.300. The molecule has 0 aliphatic carbocycles. The Bertz CT molecular complexity index is 386. The zero-order valence-electron chi connectivity index (χ0n) is 7.84. The molecule has 2 atom stereocenters. The van der Waals surface area contributed by atoms with Crippen LogP contribution >= 0.6 is 15.9 Å². The van der Waals surface area contributed by atoms with E-state index in [2.05, 4.69) is 26.8 Å². The molecule has 1 aliphatic rings. The number of carbonyl (C=O) groups excluding carboxylic acids is 1. The van der Waals surface area contributed by atoms with Gasteiger partial charge in [0.15, 0.2) is 0 Å². The highest BCUT2D eigenvalue weighted by molar-refractivity contribution is 9.10. The maximum absolute atomic E-state index is 13.5. The first kappa shape index (κ1) is 10.7. The fourth-order valence-corrected chi connectivity index (χ4v) is 2.03. The van der Waals surface area contributed by atoms with Gasteiger partial charge >= 0.3 is 0 Å². The molecule has 3 nitrogen and oxygen atoms in total. The van der Waals surface area contributed by atoms with E-state index in [9.17, 15) is 9.18 Å². The van der Waals surface area contributed by atoms with Gasteiger partial charge in [0.05, 0.1) is 12.1 Å². The average molecular weight is 273 g/mol. The molecule has 0 radical (unpaired) electrons. The van der Waals surface area contributed by atoms with Crippen LogP contribution in [0.1, 0.15) is 18.0 Å². The van der Waals surface area contributed by atoms with Gasteiger partial charge in [0.25, 0.3) is 0 Å². The first-order valence-electron chi connectivity index (χ1n) is 4.62. The number of hydrazine groups is 1. The molecule has 1 heterocycles. The lowest BCUT2D eigenvalue weighted by Gasteiger charge is -2.10. The summed E-state index contributed by atoms with van der Waals surface area (Å²) in [4.78, 5) is 10.5. The van der Waals surface area contributed by atoms with Gasteiger partial charge in [-0.05, 0) is 24.6 Å². The third-order valence-corrected chi connectivity index (χ3v) is 2.92. The van der Waals surface area contributed by atoms with Crippen LogP contribution in [0.5, 0.6) is 0 Å². The highest BCUT2D eigenvalue weighted by Gasteiger charge is 2.26. The van der Waals surface area contributed by atoms with Crippen LogP contribution in [0.25, 0.3) is 0 Å². The largest absolute Gasteiger partial charge is 0.302 e. The lowest BCUT2D eigenvalue weighted by molar-refractivity contribution is -0.109. The van der Waals surface area contributed by atoms with Crippen molar-refractivity contribution in [3.63, 3.8) is 0 Å². The minimum absolute atomic E-state index is 0.155. The van der Waals surface area contributed by atoms with E-state index in [1.165, 1.54) is 6.07 Å². The SMILES string of the molecule is O=CC1CC(c2cc(Br)ccc2F)NN1. The van der Waals surface area contributed by atoms with Crippen LogP contribution in [0.15, 0.2) is 22.7 Å². The van der Waals surface area contributed by atoms with E-state index in [0.29, 0.717) is 12.0 Å². The van der Waals surface area contributed by atoms with Crippen LogP contribution in [0.4, 0.5) is 4.39 Å². The first-order chi connectivity index (χ1) is 7.20. The predicted octanol–water partition coefficient (Wildman–Crippen LogP) is 1.69. The molecule has 2 rings (SSSR count). The Balaban J connectivity index is 2.23. The Hall–Kier alpha value is -0.780. The molecular weight excluding hydrogens is 263 g/mol. The standard InChI is InChI=1S/C10H10BrFN2O/c11-6-1-2-9(12)8(3-6)10-4-7(5-15)13-14-10/h1-3,5,7,10,13-14H,4H2. The van der Waals surface area contributed by atoms with Crippen LogP contribution in [0.2, 0.25) is 0 Å². The predicted molar refractivity (Wildman–Crippen MR) is 57.6 cm³/mol. The van der Waals surface area contributed by atoms with Crippen molar-refractivity contribution in [3.05, 3.63) is 34.1 Å². The van der Waals surface area contributed by atoms with E-state index in [4.69, 9.17) is 0 Å². The highest BCUT2D eigenvalue weighted by atomic mass is 79.9. The van der Waals surface area contributed by atoms with Gasteiger partial charge in [-0.15, -0.1) is 0 Å². The summed E-state index contributed by atoms with van der Waals surface area (Å²) in [5.74, 6) is -0.260. The van der Waals surface area contributed by atoms with E-state index in [0.717, 1.165) is 10.8 Å². The monoisotopic (exact) mass is 272 g/mol. The summed E-state index contributed by atoms with van der Waals surface area (Å²) < 4.78 is 14.3. The summed E-state index contributed by atoms with van der Waals surface area (Å²) in [6.07, 6.45) is 1.39. The van der Waals surface area contributed by atoms with Crippen LogP contribution in [-0.4, -0.2) is 12.3 Å². The molecule has 2 unspecified atom stereocenters. The zero-order valence-corrected chi connectivity index (χ0v) is 9.42. The number of hydrogen-bond acceptors (Lipinski definition) is 3. The number of carbonyl (C=O) groups is 1. The van der Waals surface area contributed by atoms with Crippen LogP contribution in [-0.2, 0) is 4.79 Å². The Morgan fingerprint density at radius 1 is 1.47 bits per heavy atom. The zero-order chi connectivity index (χ0) is 10.8. The van der Waals surface area contributed by atoms with Crippen molar-refractivity contribution >= 4 is 22.2 Å². The van der Waals surface area contributed by atoms with Gasteiger partial charge in [0.1, 0.15) is 12.1 Å². The molecule has 0 spiro atoms. The molecule has 1 aromatic rings. The van der Waals surface area contributed by atoms with Gasteiger partial charge < -0.3 is 4.79 Å². The van der Waals surface area contributed by atoms with Crippen molar-refractivity contribution in [2.45, 2.75) is 18.5 Å². The van der Waals surface area contributed by atoms with E-state index < -0.39 is 0 Å². The Labute approximate surface area is 95.1 Å². The molecule has 80 valence electrons. The van der Waals surface area contributed by atoms with E-state index in [1.54, 1.807) is 12.1 Å². The molecule has 1 aromatic carbocycles. The van der Waals surface area contributed by atoms with E-state index in [-0.39, 0.29) is 17.9 Å². The molecule has 5 heteroatoms. The maximum Gasteiger partial charge on any atom is 0.138 e. The minimum atomic E-state index is -0.260. The van der Waals surface area contributed by atoms with Gasteiger partial charge in [0, 0.05) is 10.0 Å². The van der Waals surface area contributed by atoms with Crippen molar-refractivity contribution in [3.8, 4) is 0 Å². The van der Waals surface area contributed by atoms with Crippen LogP contribution in [0, 0.1) is 5.82 Å². The van der Waals surface area contributed by atoms with Gasteiger partial charge in [-0.1, -0.05) is 15.9 Å². The summed E-state index contributed by atoms with van der Waals surface area (Å²) in [5.41, 5.74) is 6.27. The quantitative estimate of drug-likeness (QED) is 0.806. The molecule has 1 fully saturated rings. The number of benzene rings is 1. The molecule has 15 heavy (non-hydrogen) atoms. The lowest BCUT2D eigenvalue weighted by Crippen LogP contribution is -2.31. The lowest BCUT2D eigenvalue weighted by atomic mass is 10.0. The Morgan fingerprint density at radius 3 is 2.93 bits per heavy atom. The fourth-order valence-electron chi connectivity index (χ4n) is 1.66. The van der Waals surface area contributed by atoms with Crippen LogP contribution in [0.3, 0.4) is 0 Å². The van der Waals surface area contributed by atoms with Crippen molar-refractivity contribution in [2.24, 2.45) is 0 Å². The van der Waals surface area contributed by atoms with Crippen molar-refractivity contribution < 1.29 is 9.18 Å². The number of rotatable bonds is 2. The number of aldehydes is 1. The highest BCUT2D eigenvalue weighted by Crippen LogP contribution is 2.26. The van der Waals surface area contributed by atoms with Crippen molar-refractivity contribution in [1.29, 1.82) is 0 Å². The second kappa shape index (κ2) is 4.38. The summed E-state index contributed by atoms with van der Waals surface area (Å²) in [7, 11) is 0. The van der Waals surface area contributed by atoms with Gasteiger partial charge in [-0.3, -0.25) is 0 Å². The number of hydrogen-bond donors (Lipinski definition) is 2. The molecule has 0 amide bonds. The molecule has 1 aliphatic heterocycles. The van der Waals surface area contributed by atoms with Gasteiger partial charge in [0.2, 0.25) is 0 Å². The second-order valence-electron chi connectivity index (χ2n) is 3.49. The average Bonchev–Trinajstić information content (AvgIpc) is 2.70. The Morgan fingerprint density at radius 2 is 2.27 bits per heavy atom. The molecule has 0 aromatic heterocycles. The van der Waals surface area contributed by atoms with E-state index >= 15 is 0 Å². The third kappa shape index (κ3) is 2.25. The van der Waals surface area contributed by atoms with Gasteiger partial charge in [-0.25, -0.2) is 15.2 Å². The number of nitrogens with one attached hydrogen (secondary N) is 2. The molecule has 2 N–H and O–H groups in total. The number of halogens is 2. The van der Waals surface area contributed by atoms with Crippen LogP contribution < -0.4 is 10.9 Å². The second-order valence-corrected chi connectivity index (χ2v) is 4.40. The summed E-state index contributed by atoms with van der Waals surface area (Å²) >= 11 is 3.29.